The molecule has 0 spiro atoms. The Balaban J connectivity index is 2.23. The molecule has 4 heteroatoms. The summed E-state index contributed by atoms with van der Waals surface area (Å²) in [6.07, 6.45) is 1.24. The maximum Gasteiger partial charge on any atom is 0.247 e. The molecule has 0 saturated carbocycles. The maximum atomic E-state index is 11.2. The van der Waals surface area contributed by atoms with Crippen molar-refractivity contribution in [1.29, 1.82) is 0 Å². The van der Waals surface area contributed by atoms with E-state index < -0.39 is 0 Å². The van der Waals surface area contributed by atoms with E-state index in [1.807, 2.05) is 38.1 Å². The van der Waals surface area contributed by atoms with Gasteiger partial charge in [0.25, 0.3) is 0 Å². The van der Waals surface area contributed by atoms with Crippen molar-refractivity contribution in [3.05, 3.63) is 42.5 Å². The first-order chi connectivity index (χ1) is 8.50. The van der Waals surface area contributed by atoms with Gasteiger partial charge in [0.05, 0.1) is 5.54 Å². The summed E-state index contributed by atoms with van der Waals surface area (Å²) in [4.78, 5) is 15.7. The van der Waals surface area contributed by atoms with E-state index in [9.17, 15) is 4.79 Å². The average Bonchev–Trinajstić information content (AvgIpc) is 2.70. The van der Waals surface area contributed by atoms with Gasteiger partial charge in [-0.1, -0.05) is 12.6 Å². The third-order valence-electron chi connectivity index (χ3n) is 2.53. The Hall–Kier alpha value is -2.10. The molecule has 0 saturated heterocycles. The van der Waals surface area contributed by atoms with Gasteiger partial charge in [0.15, 0.2) is 0 Å². The monoisotopic (exact) mass is 244 g/mol. The number of benzene rings is 1. The number of nitrogens with zero attached hydrogens (tertiary/aromatic N) is 1. The predicted octanol–water partition coefficient (Wildman–Crippen LogP) is 2.37. The number of carbonyl (C=O) groups is 1. The van der Waals surface area contributed by atoms with Crippen LogP contribution in [-0.4, -0.2) is 24.0 Å². The molecule has 0 fully saturated rings. The number of rotatable bonds is 3. The Bertz CT molecular complexity index is 518. The zero-order valence-electron chi connectivity index (χ0n) is 10.6. The molecule has 1 aliphatic rings. The maximum absolute atomic E-state index is 11.2. The fraction of sp³-hybridized carbons (Fsp3) is 0.286. The molecular weight excluding hydrogens is 228 g/mol. The lowest BCUT2D eigenvalue weighted by molar-refractivity contribution is -0.111. The van der Waals surface area contributed by atoms with Crippen LogP contribution in [0.4, 0.5) is 5.69 Å². The minimum atomic E-state index is -0.234. The first kappa shape index (κ1) is 12.4. The lowest BCUT2D eigenvalue weighted by Crippen LogP contribution is -2.17. The Morgan fingerprint density at radius 2 is 2.33 bits per heavy atom. The third-order valence-corrected chi connectivity index (χ3v) is 2.53. The molecule has 1 aromatic rings. The molecule has 2 rings (SSSR count). The molecule has 0 aromatic heterocycles. The minimum Gasteiger partial charge on any atom is -0.475 e. The van der Waals surface area contributed by atoms with E-state index >= 15 is 0 Å². The number of anilines is 1. The fourth-order valence-corrected chi connectivity index (χ4v) is 1.66. The average molecular weight is 244 g/mol. The molecule has 0 radical (unpaired) electrons. The number of nitrogens with one attached hydrogen (secondary N) is 1. The zero-order valence-corrected chi connectivity index (χ0v) is 10.6. The van der Waals surface area contributed by atoms with Crippen LogP contribution in [-0.2, 0) is 9.53 Å². The molecule has 1 aromatic carbocycles. The minimum absolute atomic E-state index is 0.185. The molecule has 94 valence electrons. The molecular formula is C14H16N2O2. The quantitative estimate of drug-likeness (QED) is 0.830. The van der Waals surface area contributed by atoms with Crippen LogP contribution in [0.25, 0.3) is 0 Å². The van der Waals surface area contributed by atoms with Crippen LogP contribution >= 0.6 is 0 Å². The molecule has 0 aliphatic carbocycles. The summed E-state index contributed by atoms with van der Waals surface area (Å²) in [5, 5.41) is 2.71. The highest BCUT2D eigenvalue weighted by molar-refractivity contribution is 6.01. The van der Waals surface area contributed by atoms with Gasteiger partial charge < -0.3 is 10.1 Å². The molecule has 1 amide bonds. The molecule has 0 atom stereocenters. The number of aliphatic imine (C=N–C) groups is 1. The molecule has 4 nitrogen and oxygen atoms in total. The van der Waals surface area contributed by atoms with E-state index in [0.29, 0.717) is 18.2 Å². The summed E-state index contributed by atoms with van der Waals surface area (Å²) in [7, 11) is 0. The molecule has 1 N–H and O–H groups in total. The smallest absolute Gasteiger partial charge is 0.247 e. The van der Waals surface area contributed by atoms with Crippen molar-refractivity contribution in [2.45, 2.75) is 19.4 Å². The first-order valence-corrected chi connectivity index (χ1v) is 5.77. The van der Waals surface area contributed by atoms with Gasteiger partial charge in [-0.15, -0.1) is 0 Å². The number of hydrogen-bond donors (Lipinski definition) is 1. The SMILES string of the molecule is C=CC(=O)Nc1cccc(C2=NC(C)(C)CO2)c1. The summed E-state index contributed by atoms with van der Waals surface area (Å²) in [5.74, 6) is 0.386. The first-order valence-electron chi connectivity index (χ1n) is 5.77. The second-order valence-electron chi connectivity index (χ2n) is 4.79. The number of hydrogen-bond acceptors (Lipinski definition) is 3. The predicted molar refractivity (Wildman–Crippen MR) is 71.8 cm³/mol. The van der Waals surface area contributed by atoms with Crippen LogP contribution < -0.4 is 5.32 Å². The van der Waals surface area contributed by atoms with Crippen molar-refractivity contribution in [3.8, 4) is 0 Å². The van der Waals surface area contributed by atoms with Crippen LogP contribution in [0, 0.1) is 0 Å². The van der Waals surface area contributed by atoms with Crippen LogP contribution in [0.3, 0.4) is 0 Å². The largest absolute Gasteiger partial charge is 0.475 e. The Morgan fingerprint density at radius 3 is 2.94 bits per heavy atom. The van der Waals surface area contributed by atoms with Gasteiger partial charge in [-0.25, -0.2) is 4.99 Å². The van der Waals surface area contributed by atoms with E-state index in [4.69, 9.17) is 4.74 Å². The van der Waals surface area contributed by atoms with Crippen molar-refractivity contribution in [3.63, 3.8) is 0 Å². The van der Waals surface area contributed by atoms with Crippen molar-refractivity contribution in [2.24, 2.45) is 4.99 Å². The van der Waals surface area contributed by atoms with E-state index in [1.165, 1.54) is 6.08 Å². The Kier molecular flexibility index (Phi) is 3.19. The van der Waals surface area contributed by atoms with E-state index in [0.717, 1.165) is 5.56 Å². The summed E-state index contributed by atoms with van der Waals surface area (Å²) < 4.78 is 5.56. The van der Waals surface area contributed by atoms with Gasteiger partial charge in [0.1, 0.15) is 6.61 Å². The van der Waals surface area contributed by atoms with Crippen LogP contribution in [0.15, 0.2) is 41.9 Å². The topological polar surface area (TPSA) is 50.7 Å². The number of amides is 1. The highest BCUT2D eigenvalue weighted by Crippen LogP contribution is 2.22. The molecule has 1 heterocycles. The lowest BCUT2D eigenvalue weighted by Gasteiger charge is -2.07. The summed E-state index contributed by atoms with van der Waals surface area (Å²) in [5.41, 5.74) is 1.38. The van der Waals surface area contributed by atoms with Crippen molar-refractivity contribution < 1.29 is 9.53 Å². The highest BCUT2D eigenvalue weighted by atomic mass is 16.5. The Labute approximate surface area is 106 Å². The van der Waals surface area contributed by atoms with Gasteiger partial charge in [-0.05, 0) is 38.1 Å². The standard InChI is InChI=1S/C14H16N2O2/c1-4-12(17)15-11-7-5-6-10(8-11)13-16-14(2,3)9-18-13/h4-8H,1,9H2,2-3H3,(H,15,17). The van der Waals surface area contributed by atoms with Gasteiger partial charge in [-0.2, -0.15) is 0 Å². The molecule has 0 unspecified atom stereocenters. The van der Waals surface area contributed by atoms with Gasteiger partial charge in [-0.3, -0.25) is 4.79 Å². The summed E-state index contributed by atoms with van der Waals surface area (Å²) in [6.45, 7) is 8.02. The number of ether oxygens (including phenoxy) is 1. The van der Waals surface area contributed by atoms with E-state index in [-0.39, 0.29) is 11.4 Å². The highest BCUT2D eigenvalue weighted by Gasteiger charge is 2.26. The van der Waals surface area contributed by atoms with E-state index in [2.05, 4.69) is 16.9 Å². The van der Waals surface area contributed by atoms with E-state index in [1.54, 1.807) is 0 Å². The van der Waals surface area contributed by atoms with Crippen LogP contribution in [0.5, 0.6) is 0 Å². The second kappa shape index (κ2) is 4.64. The lowest BCUT2D eigenvalue weighted by atomic mass is 10.1. The van der Waals surface area contributed by atoms with Crippen LogP contribution in [0.2, 0.25) is 0 Å². The summed E-state index contributed by atoms with van der Waals surface area (Å²) in [6, 6.07) is 7.40. The van der Waals surface area contributed by atoms with Crippen molar-refractivity contribution in [1.82, 2.24) is 0 Å². The van der Waals surface area contributed by atoms with Gasteiger partial charge >= 0.3 is 0 Å². The third kappa shape index (κ3) is 2.77. The summed E-state index contributed by atoms with van der Waals surface area (Å²) >= 11 is 0. The van der Waals surface area contributed by atoms with Crippen LogP contribution in [0.1, 0.15) is 19.4 Å². The van der Waals surface area contributed by atoms with Gasteiger partial charge in [0.2, 0.25) is 11.8 Å². The number of carbonyl (C=O) groups excluding carboxylic acids is 1. The van der Waals surface area contributed by atoms with Gasteiger partial charge in [0, 0.05) is 11.3 Å². The molecule has 0 bridgehead atoms. The molecule has 18 heavy (non-hydrogen) atoms. The fourth-order valence-electron chi connectivity index (χ4n) is 1.66. The van der Waals surface area contributed by atoms with Crippen molar-refractivity contribution >= 4 is 17.5 Å². The normalized spacial score (nSPS) is 16.7. The second-order valence-corrected chi connectivity index (χ2v) is 4.79. The Morgan fingerprint density at radius 1 is 1.56 bits per heavy atom. The molecule has 1 aliphatic heterocycles. The zero-order chi connectivity index (χ0) is 13.2. The van der Waals surface area contributed by atoms with Crippen molar-refractivity contribution in [2.75, 3.05) is 11.9 Å².